The van der Waals surface area contributed by atoms with Crippen LogP contribution in [0, 0.1) is 17.8 Å². The van der Waals surface area contributed by atoms with Gasteiger partial charge in [0, 0.05) is 24.1 Å². The molecule has 2 amide bonds. The van der Waals surface area contributed by atoms with E-state index in [4.69, 9.17) is 5.11 Å². The van der Waals surface area contributed by atoms with Crippen LogP contribution in [0.15, 0.2) is 24.3 Å². The Morgan fingerprint density at radius 3 is 2.12 bits per heavy atom. The third-order valence-electron chi connectivity index (χ3n) is 4.66. The van der Waals surface area contributed by atoms with Gasteiger partial charge in [0.2, 0.25) is 11.8 Å². The number of amides is 2. The molecule has 1 aromatic carbocycles. The Balaban J connectivity index is 1.78. The Morgan fingerprint density at radius 2 is 1.60 bits per heavy atom. The third-order valence-corrected chi connectivity index (χ3v) is 4.66. The van der Waals surface area contributed by atoms with E-state index >= 15 is 0 Å². The molecule has 0 unspecified atom stereocenters. The summed E-state index contributed by atoms with van der Waals surface area (Å²) in [5, 5.41) is 14.7. The number of benzene rings is 1. The van der Waals surface area contributed by atoms with Crippen molar-refractivity contribution in [3.05, 3.63) is 29.8 Å². The number of hydrogen-bond acceptors (Lipinski definition) is 3. The molecule has 1 aliphatic carbocycles. The van der Waals surface area contributed by atoms with Gasteiger partial charge >= 0.3 is 5.97 Å². The van der Waals surface area contributed by atoms with E-state index in [0.29, 0.717) is 32.2 Å². The molecule has 0 saturated heterocycles. The van der Waals surface area contributed by atoms with Crippen molar-refractivity contribution in [3.63, 3.8) is 0 Å². The lowest BCUT2D eigenvalue weighted by Gasteiger charge is -2.25. The summed E-state index contributed by atoms with van der Waals surface area (Å²) in [6, 6.07) is 7.38. The minimum atomic E-state index is -0.761. The minimum absolute atomic E-state index is 0.0129. The zero-order valence-electron chi connectivity index (χ0n) is 14.7. The van der Waals surface area contributed by atoms with Gasteiger partial charge < -0.3 is 15.7 Å². The molecule has 0 atom stereocenters. The molecule has 6 heteroatoms. The maximum atomic E-state index is 12.2. The van der Waals surface area contributed by atoms with Crippen molar-refractivity contribution < 1.29 is 19.5 Å². The van der Waals surface area contributed by atoms with Crippen LogP contribution in [0.1, 0.15) is 45.1 Å². The molecule has 1 aromatic rings. The highest BCUT2D eigenvalue weighted by molar-refractivity contribution is 5.92. The normalized spacial score (nSPS) is 20.1. The van der Waals surface area contributed by atoms with Gasteiger partial charge in [-0.05, 0) is 43.4 Å². The molecule has 0 bridgehead atoms. The molecule has 0 spiro atoms. The molecule has 3 N–H and O–H groups in total. The van der Waals surface area contributed by atoms with Crippen molar-refractivity contribution >= 4 is 23.5 Å². The van der Waals surface area contributed by atoms with E-state index in [9.17, 15) is 14.4 Å². The summed E-state index contributed by atoms with van der Waals surface area (Å²) in [7, 11) is 0. The smallest absolute Gasteiger partial charge is 0.306 e. The highest BCUT2D eigenvalue weighted by Gasteiger charge is 2.29. The van der Waals surface area contributed by atoms with E-state index in [1.165, 1.54) is 0 Å². The van der Waals surface area contributed by atoms with Crippen LogP contribution in [-0.2, 0) is 20.9 Å². The zero-order valence-corrected chi connectivity index (χ0v) is 14.7. The van der Waals surface area contributed by atoms with Crippen LogP contribution in [0.5, 0.6) is 0 Å². The molecule has 0 aliphatic heterocycles. The predicted molar refractivity (Wildman–Crippen MR) is 94.8 cm³/mol. The number of hydrogen-bond donors (Lipinski definition) is 3. The van der Waals surface area contributed by atoms with Crippen LogP contribution in [-0.4, -0.2) is 22.9 Å². The Labute approximate surface area is 148 Å². The first-order valence-corrected chi connectivity index (χ1v) is 8.77. The van der Waals surface area contributed by atoms with Gasteiger partial charge in [-0.1, -0.05) is 26.0 Å². The average molecular weight is 346 g/mol. The number of anilines is 1. The Bertz CT molecular complexity index is 617. The quantitative estimate of drug-likeness (QED) is 0.738. The van der Waals surface area contributed by atoms with Crippen molar-refractivity contribution in [1.82, 2.24) is 5.32 Å². The maximum Gasteiger partial charge on any atom is 0.306 e. The van der Waals surface area contributed by atoms with Crippen molar-refractivity contribution in [2.45, 2.75) is 46.1 Å². The number of nitrogens with one attached hydrogen (secondary N) is 2. The first-order valence-electron chi connectivity index (χ1n) is 8.77. The first-order chi connectivity index (χ1) is 11.9. The van der Waals surface area contributed by atoms with Crippen LogP contribution in [0.4, 0.5) is 5.69 Å². The molecule has 0 aromatic heterocycles. The lowest BCUT2D eigenvalue weighted by Crippen LogP contribution is -2.34. The van der Waals surface area contributed by atoms with Crippen LogP contribution >= 0.6 is 0 Å². The summed E-state index contributed by atoms with van der Waals surface area (Å²) in [6.45, 7) is 4.10. The lowest BCUT2D eigenvalue weighted by atomic mass is 9.81. The van der Waals surface area contributed by atoms with Gasteiger partial charge in [-0.3, -0.25) is 14.4 Å². The molecule has 136 valence electrons. The summed E-state index contributed by atoms with van der Waals surface area (Å²) in [6.07, 6.45) is 2.39. The molecule has 2 rings (SSSR count). The molecule has 6 nitrogen and oxygen atoms in total. The fourth-order valence-corrected chi connectivity index (χ4v) is 2.93. The second-order valence-electron chi connectivity index (χ2n) is 6.95. The van der Waals surface area contributed by atoms with E-state index in [-0.39, 0.29) is 29.6 Å². The fraction of sp³-hybridized carbons (Fsp3) is 0.526. The fourth-order valence-electron chi connectivity index (χ4n) is 2.93. The third kappa shape index (κ3) is 5.59. The molecule has 1 saturated carbocycles. The van der Waals surface area contributed by atoms with Crippen LogP contribution in [0.3, 0.4) is 0 Å². The first kappa shape index (κ1) is 19.0. The Kier molecular flexibility index (Phi) is 6.56. The minimum Gasteiger partial charge on any atom is -0.481 e. The molecule has 1 aliphatic rings. The second kappa shape index (κ2) is 8.65. The van der Waals surface area contributed by atoms with Gasteiger partial charge in [0.1, 0.15) is 0 Å². The molecule has 0 heterocycles. The second-order valence-corrected chi connectivity index (χ2v) is 6.95. The Hall–Kier alpha value is -2.37. The summed E-state index contributed by atoms with van der Waals surface area (Å²) in [5.74, 6) is -1.28. The standard InChI is InChI=1S/C19H26N2O4/c1-12(2)17(22)21-16-9-3-13(4-10-16)11-20-18(23)14-5-7-15(8-6-14)19(24)25/h3-4,9-10,12,14-15H,5-8,11H2,1-2H3,(H,20,23)(H,21,22)(H,24,25). The van der Waals surface area contributed by atoms with Gasteiger partial charge in [-0.25, -0.2) is 0 Å². The van der Waals surface area contributed by atoms with Gasteiger partial charge in [0.25, 0.3) is 0 Å². The SMILES string of the molecule is CC(C)C(=O)Nc1ccc(CNC(=O)C2CCC(C(=O)O)CC2)cc1. The predicted octanol–water partition coefficient (Wildman–Crippen LogP) is 2.79. The molecular formula is C19H26N2O4. The van der Waals surface area contributed by atoms with Crippen molar-refractivity contribution in [2.24, 2.45) is 17.8 Å². The molecule has 0 radical (unpaired) electrons. The number of rotatable bonds is 6. The number of carboxylic acid groups (broad SMARTS) is 1. The topological polar surface area (TPSA) is 95.5 Å². The summed E-state index contributed by atoms with van der Waals surface area (Å²) in [4.78, 5) is 34.8. The van der Waals surface area contributed by atoms with Crippen molar-refractivity contribution in [3.8, 4) is 0 Å². The van der Waals surface area contributed by atoms with E-state index < -0.39 is 5.97 Å². The highest BCUT2D eigenvalue weighted by atomic mass is 16.4. The molecule has 25 heavy (non-hydrogen) atoms. The van der Waals surface area contributed by atoms with Crippen LogP contribution < -0.4 is 10.6 Å². The van der Waals surface area contributed by atoms with Crippen molar-refractivity contribution in [1.29, 1.82) is 0 Å². The Morgan fingerprint density at radius 1 is 1.04 bits per heavy atom. The summed E-state index contributed by atoms with van der Waals surface area (Å²) < 4.78 is 0. The maximum absolute atomic E-state index is 12.2. The lowest BCUT2D eigenvalue weighted by molar-refractivity contribution is -0.144. The van der Waals surface area contributed by atoms with Crippen LogP contribution in [0.2, 0.25) is 0 Å². The van der Waals surface area contributed by atoms with E-state index in [2.05, 4.69) is 10.6 Å². The van der Waals surface area contributed by atoms with Gasteiger partial charge in [0.05, 0.1) is 5.92 Å². The monoisotopic (exact) mass is 346 g/mol. The number of carbonyl (C=O) groups is 3. The molecule has 1 fully saturated rings. The van der Waals surface area contributed by atoms with Gasteiger partial charge in [0.15, 0.2) is 0 Å². The molecular weight excluding hydrogens is 320 g/mol. The highest BCUT2D eigenvalue weighted by Crippen LogP contribution is 2.29. The number of carboxylic acids is 1. The van der Waals surface area contributed by atoms with Gasteiger partial charge in [-0.2, -0.15) is 0 Å². The van der Waals surface area contributed by atoms with E-state index in [0.717, 1.165) is 11.3 Å². The van der Waals surface area contributed by atoms with Gasteiger partial charge in [-0.15, -0.1) is 0 Å². The number of aliphatic carboxylic acids is 1. The summed E-state index contributed by atoms with van der Waals surface area (Å²) >= 11 is 0. The van der Waals surface area contributed by atoms with E-state index in [1.807, 2.05) is 38.1 Å². The van der Waals surface area contributed by atoms with E-state index in [1.54, 1.807) is 0 Å². The van der Waals surface area contributed by atoms with Crippen molar-refractivity contribution in [2.75, 3.05) is 5.32 Å². The zero-order chi connectivity index (χ0) is 18.4. The average Bonchev–Trinajstić information content (AvgIpc) is 2.60. The largest absolute Gasteiger partial charge is 0.481 e. The van der Waals surface area contributed by atoms with Crippen LogP contribution in [0.25, 0.3) is 0 Å². The number of carbonyl (C=O) groups excluding carboxylic acids is 2. The summed E-state index contributed by atoms with van der Waals surface area (Å²) in [5.41, 5.74) is 1.69.